The molecule has 49 heavy (non-hydrogen) atoms. The van der Waals surface area contributed by atoms with Gasteiger partial charge in [-0.25, -0.2) is 4.79 Å². The van der Waals surface area contributed by atoms with E-state index >= 15 is 0 Å². The van der Waals surface area contributed by atoms with Gasteiger partial charge in [-0.1, -0.05) is 48.4 Å². The summed E-state index contributed by atoms with van der Waals surface area (Å²) in [7, 11) is 0. The third kappa shape index (κ3) is 5.82. The van der Waals surface area contributed by atoms with Crippen LogP contribution in [-0.4, -0.2) is 47.5 Å². The third-order valence-electron chi connectivity index (χ3n) is 10.4. The Morgan fingerprint density at radius 3 is 2.73 bits per heavy atom. The predicted molar refractivity (Wildman–Crippen MR) is 190 cm³/mol. The van der Waals surface area contributed by atoms with Gasteiger partial charge in [-0.15, -0.1) is 0 Å². The van der Waals surface area contributed by atoms with E-state index in [4.69, 9.17) is 25.5 Å². The van der Waals surface area contributed by atoms with Crippen LogP contribution in [0.4, 0.5) is 10.5 Å². The number of nitrogens with one attached hydrogen (secondary N) is 2. The van der Waals surface area contributed by atoms with Crippen LogP contribution < -0.4 is 20.3 Å². The number of thioether (sulfide) groups is 1. The largest absolute Gasteiger partial charge is 0.482 e. The average Bonchev–Trinajstić information content (AvgIpc) is 3.86. The highest BCUT2D eigenvalue weighted by molar-refractivity contribution is 8.00. The number of hydrogen-bond donors (Lipinski definition) is 2. The van der Waals surface area contributed by atoms with E-state index in [9.17, 15) is 14.4 Å². The van der Waals surface area contributed by atoms with Gasteiger partial charge in [0.2, 0.25) is 0 Å². The van der Waals surface area contributed by atoms with Gasteiger partial charge < -0.3 is 29.4 Å². The molecule has 1 aromatic heterocycles. The van der Waals surface area contributed by atoms with Crippen molar-refractivity contribution in [1.82, 2.24) is 10.6 Å². The van der Waals surface area contributed by atoms with E-state index in [0.29, 0.717) is 46.6 Å². The maximum atomic E-state index is 13.9. The molecule has 2 fully saturated rings. The Balaban J connectivity index is 1.06. The predicted octanol–water partition coefficient (Wildman–Crippen LogP) is 7.61. The summed E-state index contributed by atoms with van der Waals surface area (Å²) in [5.41, 5.74) is 4.11. The van der Waals surface area contributed by atoms with Crippen LogP contribution in [0.2, 0.25) is 5.02 Å². The summed E-state index contributed by atoms with van der Waals surface area (Å²) in [4.78, 5) is 41.0. The highest BCUT2D eigenvalue weighted by Crippen LogP contribution is 2.50. The zero-order valence-electron chi connectivity index (χ0n) is 27.4. The molecular weight excluding hydrogens is 662 g/mol. The number of anilines is 1. The summed E-state index contributed by atoms with van der Waals surface area (Å²) in [5.74, 6) is 1.29. The molecule has 4 aromatic rings. The van der Waals surface area contributed by atoms with Crippen LogP contribution in [0.15, 0.2) is 65.1 Å². The number of unbranched alkanes of at least 4 members (excludes halogenated alkanes) is 1. The van der Waals surface area contributed by atoms with E-state index in [0.717, 1.165) is 52.8 Å². The molecule has 4 aliphatic rings. The van der Waals surface area contributed by atoms with Crippen LogP contribution in [0.1, 0.15) is 77.9 Å². The number of amides is 3. The number of hydrogen-bond acceptors (Lipinski definition) is 7. The van der Waals surface area contributed by atoms with Crippen LogP contribution in [0.3, 0.4) is 0 Å². The Bertz CT molecular complexity index is 1960. The Labute approximate surface area is 294 Å². The van der Waals surface area contributed by atoms with Crippen LogP contribution >= 0.6 is 23.4 Å². The van der Waals surface area contributed by atoms with Crippen molar-refractivity contribution in [1.29, 1.82) is 0 Å². The summed E-state index contributed by atoms with van der Waals surface area (Å²) < 4.78 is 19.4. The molecule has 4 aliphatic heterocycles. The molecule has 5 atom stereocenters. The number of urea groups is 1. The lowest BCUT2D eigenvalue weighted by molar-refractivity contribution is -0.154. The first-order valence-electron chi connectivity index (χ1n) is 17.0. The number of rotatable bonds is 8. The van der Waals surface area contributed by atoms with Gasteiger partial charge in [-0.3, -0.25) is 9.59 Å². The topological polar surface area (TPSA) is 110 Å². The molecule has 0 radical (unpaired) electrons. The second-order valence-corrected chi connectivity index (χ2v) is 15.3. The van der Waals surface area contributed by atoms with E-state index in [1.165, 1.54) is 0 Å². The molecule has 9 nitrogen and oxygen atoms in total. The Hall–Kier alpha value is -4.15. The summed E-state index contributed by atoms with van der Waals surface area (Å²) >= 11 is 8.09. The summed E-state index contributed by atoms with van der Waals surface area (Å²) in [6.45, 7) is 4.47. The molecule has 0 saturated carbocycles. The van der Waals surface area contributed by atoms with Crippen molar-refractivity contribution >= 4 is 57.9 Å². The number of fused-ring (bicyclic) bond motifs is 5. The highest BCUT2D eigenvalue weighted by Gasteiger charge is 2.44. The fraction of sp³-hybridized carbons (Fsp3) is 0.395. The first-order chi connectivity index (χ1) is 23.7. The van der Waals surface area contributed by atoms with Gasteiger partial charge in [-0.2, -0.15) is 11.8 Å². The van der Waals surface area contributed by atoms with E-state index < -0.39 is 11.7 Å². The van der Waals surface area contributed by atoms with E-state index in [2.05, 4.69) is 10.6 Å². The second-order valence-electron chi connectivity index (χ2n) is 13.6. The molecule has 0 bridgehead atoms. The number of para-hydroxylation sites is 1. The van der Waals surface area contributed by atoms with Crippen LogP contribution in [-0.2, 0) is 21.6 Å². The SMILES string of the molecule is Cc1c(C(=O)N2CCc3ccccc32)oc2ccc3c(c12)[C@@H](OC(=O)CCCC[C@@H]1SC[C@@H]2NC(=O)N[C@@H]21)C[C@@](C)(c1ccc(Cl)cc1)O3. The molecule has 0 aliphatic carbocycles. The molecule has 254 valence electrons. The Morgan fingerprint density at radius 2 is 1.90 bits per heavy atom. The molecule has 0 unspecified atom stereocenters. The van der Waals surface area contributed by atoms with Gasteiger partial charge >= 0.3 is 12.0 Å². The lowest BCUT2D eigenvalue weighted by Gasteiger charge is -2.40. The van der Waals surface area contributed by atoms with Gasteiger partial charge in [0.05, 0.1) is 12.1 Å². The lowest BCUT2D eigenvalue weighted by Crippen LogP contribution is -2.37. The molecule has 2 saturated heterocycles. The fourth-order valence-corrected chi connectivity index (χ4v) is 9.60. The van der Waals surface area contributed by atoms with Crippen molar-refractivity contribution in [3.8, 4) is 5.75 Å². The van der Waals surface area contributed by atoms with Crippen LogP contribution in [0, 0.1) is 6.92 Å². The fourth-order valence-electron chi connectivity index (χ4n) is 7.93. The number of benzene rings is 3. The standard InChI is InChI=1S/C38H38ClN3O6S/c1-21-32-27(47-35(21)36(44)42-18-17-22-7-3-4-8-26(22)42)15-16-28-33(32)29(19-38(2,48-28)23-11-13-24(39)14-12-23)46-31(43)10-6-5-9-30-34-25(20-49-30)40-37(45)41-34/h3-4,7-8,11-16,25,29-30,34H,5-6,9-10,17-20H2,1-2H3,(H2,40,41,45)/t25-,29-,30-,34-,38-/m0/s1. The van der Waals surface area contributed by atoms with Crippen molar-refractivity contribution in [2.45, 2.75) is 81.4 Å². The number of nitrogens with zero attached hydrogens (tertiary/aromatic N) is 1. The maximum Gasteiger partial charge on any atom is 0.315 e. The number of furan rings is 1. The average molecular weight is 700 g/mol. The van der Waals surface area contributed by atoms with E-state index in [1.54, 1.807) is 4.90 Å². The number of esters is 1. The summed E-state index contributed by atoms with van der Waals surface area (Å²) in [6, 6.07) is 19.4. The molecule has 2 N–H and O–H groups in total. The second kappa shape index (κ2) is 12.6. The normalized spacial score (nSPS) is 25.3. The smallest absolute Gasteiger partial charge is 0.315 e. The summed E-state index contributed by atoms with van der Waals surface area (Å²) in [5, 5.41) is 7.72. The zero-order chi connectivity index (χ0) is 33.9. The summed E-state index contributed by atoms with van der Waals surface area (Å²) in [6.07, 6.45) is 3.26. The maximum absolute atomic E-state index is 13.9. The van der Waals surface area contributed by atoms with Gasteiger partial charge in [0, 0.05) is 57.6 Å². The van der Waals surface area contributed by atoms with E-state index in [1.807, 2.05) is 86.3 Å². The van der Waals surface area contributed by atoms with Gasteiger partial charge in [0.15, 0.2) is 5.76 Å². The number of halogens is 1. The number of carbonyl (C=O) groups is 3. The zero-order valence-corrected chi connectivity index (χ0v) is 29.0. The van der Waals surface area contributed by atoms with Gasteiger partial charge in [0.25, 0.3) is 5.91 Å². The molecule has 8 rings (SSSR count). The van der Waals surface area contributed by atoms with Gasteiger partial charge in [-0.05, 0) is 74.6 Å². The minimum atomic E-state index is -0.804. The number of ether oxygens (including phenoxy) is 2. The molecular formula is C38H38ClN3O6S. The molecule has 3 aromatic carbocycles. The van der Waals surface area contributed by atoms with Crippen molar-refractivity contribution in [2.24, 2.45) is 0 Å². The van der Waals surface area contributed by atoms with Crippen molar-refractivity contribution < 1.29 is 28.3 Å². The molecule has 11 heteroatoms. The monoisotopic (exact) mass is 699 g/mol. The lowest BCUT2D eigenvalue weighted by atomic mass is 9.83. The number of aryl methyl sites for hydroxylation is 1. The van der Waals surface area contributed by atoms with Gasteiger partial charge in [0.1, 0.15) is 23.0 Å². The first-order valence-corrected chi connectivity index (χ1v) is 18.4. The van der Waals surface area contributed by atoms with Crippen molar-refractivity contribution in [2.75, 3.05) is 17.2 Å². The number of carbonyl (C=O) groups excluding carboxylic acids is 3. The quantitative estimate of drug-likeness (QED) is 0.111. The van der Waals surface area contributed by atoms with Crippen LogP contribution in [0.5, 0.6) is 5.75 Å². The van der Waals surface area contributed by atoms with Crippen LogP contribution in [0.25, 0.3) is 11.0 Å². The molecule has 5 heterocycles. The van der Waals surface area contributed by atoms with Crippen molar-refractivity contribution in [3.63, 3.8) is 0 Å². The Morgan fingerprint density at radius 1 is 1.08 bits per heavy atom. The Kier molecular flexibility index (Phi) is 8.27. The molecule has 3 amide bonds. The minimum Gasteiger partial charge on any atom is -0.482 e. The first kappa shape index (κ1) is 32.1. The highest BCUT2D eigenvalue weighted by atomic mass is 35.5. The third-order valence-corrected chi connectivity index (χ3v) is 12.2. The molecule has 0 spiro atoms. The minimum absolute atomic E-state index is 0.0916. The van der Waals surface area contributed by atoms with E-state index in [-0.39, 0.29) is 42.2 Å². The van der Waals surface area contributed by atoms with Crippen molar-refractivity contribution in [3.05, 3.63) is 93.7 Å².